The van der Waals surface area contributed by atoms with Gasteiger partial charge >= 0.3 is 0 Å². The van der Waals surface area contributed by atoms with E-state index < -0.39 is 6.10 Å². The Labute approximate surface area is 90.9 Å². The maximum absolute atomic E-state index is 11.7. The highest BCUT2D eigenvalue weighted by Gasteiger charge is 2.35. The lowest BCUT2D eigenvalue weighted by atomic mass is 9.88. The molecule has 4 nitrogen and oxygen atoms in total. The summed E-state index contributed by atoms with van der Waals surface area (Å²) in [6.07, 6.45) is 1.33. The zero-order valence-corrected chi connectivity index (χ0v) is 9.52. The Hall–Kier alpha value is -0.450. The molecule has 0 aromatic rings. The van der Waals surface area contributed by atoms with Crippen molar-refractivity contribution in [1.82, 2.24) is 4.90 Å². The van der Waals surface area contributed by atoms with E-state index in [0.717, 1.165) is 13.0 Å². The average Bonchev–Trinajstić information content (AvgIpc) is 2.17. The number of hydrogen-bond donors (Lipinski definition) is 2. The van der Waals surface area contributed by atoms with Crippen molar-refractivity contribution in [3.05, 3.63) is 0 Å². The lowest BCUT2D eigenvalue weighted by molar-refractivity contribution is -0.132. The first-order valence-corrected chi connectivity index (χ1v) is 5.59. The zero-order valence-electron chi connectivity index (χ0n) is 9.52. The minimum Gasteiger partial charge on any atom is -0.396 e. The Bertz CT molecular complexity index is 220. The van der Waals surface area contributed by atoms with Crippen molar-refractivity contribution < 1.29 is 15.0 Å². The fourth-order valence-electron chi connectivity index (χ4n) is 2.17. The molecule has 1 unspecified atom stereocenters. The molecule has 0 bridgehead atoms. The number of ketones is 1. The standard InChI is InChI=1S/C11H21NO3/c1-8(5-7-13)11(15)10-9(14)4-3-6-12(10)2/h8,10-11,13,15H,3-7H2,1-2H3/t8-,10-,11?/m1/s1. The summed E-state index contributed by atoms with van der Waals surface area (Å²) in [5.41, 5.74) is 0. The van der Waals surface area contributed by atoms with Crippen LogP contribution in [0, 0.1) is 5.92 Å². The molecule has 2 N–H and O–H groups in total. The quantitative estimate of drug-likeness (QED) is 0.694. The van der Waals surface area contributed by atoms with Crippen molar-refractivity contribution in [2.24, 2.45) is 5.92 Å². The lowest BCUT2D eigenvalue weighted by Gasteiger charge is -2.36. The van der Waals surface area contributed by atoms with Crippen LogP contribution in [0.2, 0.25) is 0 Å². The van der Waals surface area contributed by atoms with Crippen LogP contribution in [0.15, 0.2) is 0 Å². The van der Waals surface area contributed by atoms with E-state index in [4.69, 9.17) is 5.11 Å². The van der Waals surface area contributed by atoms with Crippen LogP contribution in [0.1, 0.15) is 26.2 Å². The van der Waals surface area contributed by atoms with Gasteiger partial charge in [-0.05, 0) is 32.4 Å². The van der Waals surface area contributed by atoms with Crippen LogP contribution >= 0.6 is 0 Å². The van der Waals surface area contributed by atoms with Crippen LogP contribution in [-0.2, 0) is 4.79 Å². The number of likely N-dealkylation sites (N-methyl/N-ethyl adjacent to an activating group) is 1. The van der Waals surface area contributed by atoms with E-state index in [2.05, 4.69) is 0 Å². The van der Waals surface area contributed by atoms with Gasteiger partial charge in [-0.3, -0.25) is 9.69 Å². The van der Waals surface area contributed by atoms with E-state index in [0.29, 0.717) is 12.8 Å². The van der Waals surface area contributed by atoms with Gasteiger partial charge < -0.3 is 10.2 Å². The lowest BCUT2D eigenvalue weighted by Crippen LogP contribution is -2.52. The summed E-state index contributed by atoms with van der Waals surface area (Å²) in [5.74, 6) is 0.0885. The third kappa shape index (κ3) is 3.00. The van der Waals surface area contributed by atoms with Crippen LogP contribution in [0.4, 0.5) is 0 Å². The van der Waals surface area contributed by atoms with Gasteiger partial charge in [0.1, 0.15) is 0 Å². The molecule has 0 amide bonds. The summed E-state index contributed by atoms with van der Waals surface area (Å²) in [6.45, 7) is 2.79. The molecular weight excluding hydrogens is 194 g/mol. The Morgan fingerprint density at radius 1 is 1.60 bits per heavy atom. The monoisotopic (exact) mass is 215 g/mol. The molecule has 0 aromatic carbocycles. The maximum Gasteiger partial charge on any atom is 0.152 e. The molecule has 3 atom stereocenters. The van der Waals surface area contributed by atoms with Crippen LogP contribution in [0.3, 0.4) is 0 Å². The third-order valence-corrected chi connectivity index (χ3v) is 3.23. The highest BCUT2D eigenvalue weighted by Crippen LogP contribution is 2.21. The van der Waals surface area contributed by atoms with Crippen LogP contribution in [0.5, 0.6) is 0 Å². The van der Waals surface area contributed by atoms with Crippen molar-refractivity contribution in [2.75, 3.05) is 20.2 Å². The van der Waals surface area contributed by atoms with Crippen molar-refractivity contribution in [2.45, 2.75) is 38.3 Å². The maximum atomic E-state index is 11.7. The summed E-state index contributed by atoms with van der Waals surface area (Å²) in [6, 6.07) is -0.375. The molecule has 0 saturated carbocycles. The highest BCUT2D eigenvalue weighted by atomic mass is 16.3. The summed E-state index contributed by atoms with van der Waals surface area (Å²) < 4.78 is 0. The van der Waals surface area contributed by atoms with Gasteiger partial charge in [-0.15, -0.1) is 0 Å². The first-order chi connectivity index (χ1) is 7.07. The van der Waals surface area contributed by atoms with Gasteiger partial charge in [-0.1, -0.05) is 6.92 Å². The van der Waals surface area contributed by atoms with Gasteiger partial charge in [0.25, 0.3) is 0 Å². The van der Waals surface area contributed by atoms with Crippen molar-refractivity contribution in [3.63, 3.8) is 0 Å². The second-order valence-corrected chi connectivity index (χ2v) is 4.48. The number of aliphatic hydroxyl groups is 2. The highest BCUT2D eigenvalue weighted by molar-refractivity contribution is 5.85. The Kier molecular flexibility index (Phi) is 4.70. The molecule has 4 heteroatoms. The fraction of sp³-hybridized carbons (Fsp3) is 0.909. The number of aliphatic hydroxyl groups excluding tert-OH is 2. The van der Waals surface area contributed by atoms with E-state index in [9.17, 15) is 9.90 Å². The molecular formula is C11H21NO3. The second-order valence-electron chi connectivity index (χ2n) is 4.48. The number of nitrogens with zero attached hydrogens (tertiary/aromatic N) is 1. The fourth-order valence-corrected chi connectivity index (χ4v) is 2.17. The molecule has 1 heterocycles. The molecule has 88 valence electrons. The number of carbonyl (C=O) groups excluding carboxylic acids is 1. The number of carbonyl (C=O) groups is 1. The Morgan fingerprint density at radius 3 is 2.80 bits per heavy atom. The summed E-state index contributed by atoms with van der Waals surface area (Å²) in [5, 5.41) is 18.8. The van der Waals surface area contributed by atoms with E-state index in [1.165, 1.54) is 0 Å². The number of piperidine rings is 1. The summed E-state index contributed by atoms with van der Waals surface area (Å²) in [4.78, 5) is 13.6. The second kappa shape index (κ2) is 5.58. The minimum absolute atomic E-state index is 0.0375. The number of rotatable bonds is 4. The van der Waals surface area contributed by atoms with Crippen molar-refractivity contribution in [3.8, 4) is 0 Å². The molecule has 0 spiro atoms. The van der Waals surface area contributed by atoms with Gasteiger partial charge in [0.05, 0.1) is 12.1 Å². The van der Waals surface area contributed by atoms with Gasteiger partial charge in [0.2, 0.25) is 0 Å². The van der Waals surface area contributed by atoms with Crippen LogP contribution in [-0.4, -0.2) is 53.2 Å². The molecule has 1 rings (SSSR count). The van der Waals surface area contributed by atoms with Crippen molar-refractivity contribution in [1.29, 1.82) is 0 Å². The third-order valence-electron chi connectivity index (χ3n) is 3.23. The number of Topliss-reactive ketones (excluding diaryl/α,β-unsaturated/α-hetero) is 1. The van der Waals surface area contributed by atoms with E-state index in [1.807, 2.05) is 18.9 Å². The van der Waals surface area contributed by atoms with E-state index in [1.54, 1.807) is 0 Å². The van der Waals surface area contributed by atoms with E-state index >= 15 is 0 Å². The predicted octanol–water partition coefficient (Wildman–Crippen LogP) is 0.0291. The zero-order chi connectivity index (χ0) is 11.4. The smallest absolute Gasteiger partial charge is 0.152 e. The molecule has 1 fully saturated rings. The molecule has 1 aliphatic rings. The van der Waals surface area contributed by atoms with Gasteiger partial charge in [-0.25, -0.2) is 0 Å². The first kappa shape index (κ1) is 12.6. The average molecular weight is 215 g/mol. The SMILES string of the molecule is C[C@H](CCO)C(O)[C@H]1C(=O)CCCN1C. The van der Waals surface area contributed by atoms with Gasteiger partial charge in [-0.2, -0.15) is 0 Å². The van der Waals surface area contributed by atoms with Crippen LogP contribution < -0.4 is 0 Å². The molecule has 0 aliphatic carbocycles. The first-order valence-electron chi connectivity index (χ1n) is 5.59. The topological polar surface area (TPSA) is 60.8 Å². The predicted molar refractivity (Wildman–Crippen MR) is 57.5 cm³/mol. The largest absolute Gasteiger partial charge is 0.396 e. The van der Waals surface area contributed by atoms with Crippen molar-refractivity contribution >= 4 is 5.78 Å². The minimum atomic E-state index is -0.657. The summed E-state index contributed by atoms with van der Waals surface area (Å²) in [7, 11) is 1.87. The van der Waals surface area contributed by atoms with Gasteiger partial charge in [0.15, 0.2) is 5.78 Å². The van der Waals surface area contributed by atoms with Gasteiger partial charge in [0, 0.05) is 13.0 Å². The molecule has 1 aliphatic heterocycles. The van der Waals surface area contributed by atoms with Crippen LogP contribution in [0.25, 0.3) is 0 Å². The Balaban J connectivity index is 2.62. The van der Waals surface area contributed by atoms with E-state index in [-0.39, 0.29) is 24.3 Å². The molecule has 15 heavy (non-hydrogen) atoms. The summed E-state index contributed by atoms with van der Waals surface area (Å²) >= 11 is 0. The molecule has 1 saturated heterocycles. The Morgan fingerprint density at radius 2 is 2.27 bits per heavy atom. The number of hydrogen-bond acceptors (Lipinski definition) is 4. The normalized spacial score (nSPS) is 27.7. The molecule has 0 radical (unpaired) electrons. The molecule has 0 aromatic heterocycles. The number of likely N-dealkylation sites (tertiary alicyclic amines) is 1.